The SMILES string of the molecule is CCNC(=O)CC[C@H](CO)C1CC(C2CCOCC2)Cc2c1n(C)c1ccc(C(=O)NC)cc21. The molecule has 34 heavy (non-hydrogen) atoms. The number of rotatable bonds is 8. The van der Waals surface area contributed by atoms with E-state index in [9.17, 15) is 14.7 Å². The number of benzene rings is 1. The molecular weight excluding hydrogens is 430 g/mol. The fraction of sp³-hybridized carbons (Fsp3) is 0.630. The van der Waals surface area contributed by atoms with E-state index < -0.39 is 0 Å². The summed E-state index contributed by atoms with van der Waals surface area (Å²) in [7, 11) is 3.76. The summed E-state index contributed by atoms with van der Waals surface area (Å²) in [6, 6.07) is 5.96. The van der Waals surface area contributed by atoms with Gasteiger partial charge < -0.3 is 25.0 Å². The predicted molar refractivity (Wildman–Crippen MR) is 133 cm³/mol. The normalized spacial score (nSPS) is 21.8. The first-order valence-electron chi connectivity index (χ1n) is 12.8. The molecule has 1 aromatic heterocycles. The van der Waals surface area contributed by atoms with Gasteiger partial charge in [-0.25, -0.2) is 0 Å². The molecule has 1 fully saturated rings. The number of aliphatic hydroxyl groups is 1. The van der Waals surface area contributed by atoms with E-state index in [0.29, 0.717) is 36.8 Å². The summed E-state index contributed by atoms with van der Waals surface area (Å²) >= 11 is 0. The van der Waals surface area contributed by atoms with Crippen LogP contribution in [-0.2, 0) is 23.0 Å². The number of aromatic nitrogens is 1. The second-order valence-corrected chi connectivity index (χ2v) is 9.92. The van der Waals surface area contributed by atoms with E-state index in [0.717, 1.165) is 49.8 Å². The van der Waals surface area contributed by atoms with E-state index in [1.54, 1.807) is 7.05 Å². The van der Waals surface area contributed by atoms with Gasteiger partial charge in [0.1, 0.15) is 0 Å². The van der Waals surface area contributed by atoms with Gasteiger partial charge in [-0.3, -0.25) is 9.59 Å². The van der Waals surface area contributed by atoms with Crippen LogP contribution >= 0.6 is 0 Å². The molecule has 7 heteroatoms. The number of carbonyl (C=O) groups is 2. The quantitative estimate of drug-likeness (QED) is 0.554. The van der Waals surface area contributed by atoms with Crippen molar-refractivity contribution < 1.29 is 19.4 Å². The zero-order valence-corrected chi connectivity index (χ0v) is 20.7. The summed E-state index contributed by atoms with van der Waals surface area (Å²) in [5.41, 5.74) is 4.37. The van der Waals surface area contributed by atoms with E-state index in [-0.39, 0.29) is 30.3 Å². The summed E-state index contributed by atoms with van der Waals surface area (Å²) < 4.78 is 7.90. The maximum atomic E-state index is 12.4. The van der Waals surface area contributed by atoms with Gasteiger partial charge in [0.2, 0.25) is 5.91 Å². The van der Waals surface area contributed by atoms with Crippen LogP contribution in [0.4, 0.5) is 0 Å². The summed E-state index contributed by atoms with van der Waals surface area (Å²) in [6.07, 6.45) is 5.24. The minimum Gasteiger partial charge on any atom is -0.396 e. The first-order valence-corrected chi connectivity index (χ1v) is 12.8. The third-order valence-electron chi connectivity index (χ3n) is 8.07. The van der Waals surface area contributed by atoms with Crippen molar-refractivity contribution in [3.05, 3.63) is 35.0 Å². The lowest BCUT2D eigenvalue weighted by Gasteiger charge is -2.39. The van der Waals surface area contributed by atoms with Crippen molar-refractivity contribution in [2.24, 2.45) is 24.8 Å². The Morgan fingerprint density at radius 1 is 1.24 bits per heavy atom. The molecule has 4 rings (SSSR count). The Labute approximate surface area is 202 Å². The molecule has 2 aliphatic rings. The van der Waals surface area contributed by atoms with E-state index >= 15 is 0 Å². The second-order valence-electron chi connectivity index (χ2n) is 9.92. The molecule has 2 aromatic rings. The molecule has 186 valence electrons. The van der Waals surface area contributed by atoms with Crippen molar-refractivity contribution >= 4 is 22.7 Å². The number of hydrogen-bond acceptors (Lipinski definition) is 4. The number of nitrogens with one attached hydrogen (secondary N) is 2. The van der Waals surface area contributed by atoms with Gasteiger partial charge >= 0.3 is 0 Å². The number of aryl methyl sites for hydroxylation is 1. The number of hydrogen-bond donors (Lipinski definition) is 3. The van der Waals surface area contributed by atoms with Crippen LogP contribution in [0.1, 0.15) is 66.6 Å². The monoisotopic (exact) mass is 469 g/mol. The van der Waals surface area contributed by atoms with E-state index in [1.165, 1.54) is 11.3 Å². The highest BCUT2D eigenvalue weighted by atomic mass is 16.5. The van der Waals surface area contributed by atoms with E-state index in [4.69, 9.17) is 4.74 Å². The Balaban J connectivity index is 1.75. The van der Waals surface area contributed by atoms with Crippen LogP contribution in [0.25, 0.3) is 10.9 Å². The average molecular weight is 470 g/mol. The second kappa shape index (κ2) is 10.9. The highest BCUT2D eigenvalue weighted by molar-refractivity contribution is 5.99. The molecule has 3 atom stereocenters. The molecule has 0 radical (unpaired) electrons. The molecule has 2 unspecified atom stereocenters. The Morgan fingerprint density at radius 3 is 2.68 bits per heavy atom. The van der Waals surface area contributed by atoms with Gasteiger partial charge in [0.05, 0.1) is 0 Å². The van der Waals surface area contributed by atoms with Crippen molar-refractivity contribution in [1.29, 1.82) is 0 Å². The Morgan fingerprint density at radius 2 is 2.00 bits per heavy atom. The van der Waals surface area contributed by atoms with E-state index in [1.807, 2.05) is 25.1 Å². The number of fused-ring (bicyclic) bond motifs is 3. The van der Waals surface area contributed by atoms with Crippen molar-refractivity contribution in [2.75, 3.05) is 33.4 Å². The molecule has 0 saturated carbocycles. The lowest BCUT2D eigenvalue weighted by Crippen LogP contribution is -2.33. The van der Waals surface area contributed by atoms with E-state index in [2.05, 4.69) is 22.2 Å². The first kappa shape index (κ1) is 24.7. The van der Waals surface area contributed by atoms with Crippen LogP contribution in [0.3, 0.4) is 0 Å². The zero-order valence-electron chi connectivity index (χ0n) is 20.7. The first-order chi connectivity index (χ1) is 16.5. The molecule has 1 aromatic carbocycles. The molecule has 1 saturated heterocycles. The summed E-state index contributed by atoms with van der Waals surface area (Å²) in [6.45, 7) is 4.25. The molecular formula is C27H39N3O4. The van der Waals surface area contributed by atoms with Crippen molar-refractivity contribution in [2.45, 2.75) is 51.4 Å². The fourth-order valence-electron chi connectivity index (χ4n) is 6.28. The van der Waals surface area contributed by atoms with Crippen molar-refractivity contribution in [3.63, 3.8) is 0 Å². The summed E-state index contributed by atoms with van der Waals surface area (Å²) in [5.74, 6) is 1.27. The minimum absolute atomic E-state index is 0.0189. The van der Waals surface area contributed by atoms with Gasteiger partial charge in [0.25, 0.3) is 5.91 Å². The maximum absolute atomic E-state index is 12.4. The fourth-order valence-corrected chi connectivity index (χ4v) is 6.28. The number of carbonyl (C=O) groups excluding carboxylic acids is 2. The van der Waals surface area contributed by atoms with Gasteiger partial charge in [0.15, 0.2) is 0 Å². The predicted octanol–water partition coefficient (Wildman–Crippen LogP) is 3.14. The average Bonchev–Trinajstić information content (AvgIpc) is 3.15. The lowest BCUT2D eigenvalue weighted by molar-refractivity contribution is -0.121. The number of aliphatic hydroxyl groups excluding tert-OH is 1. The third-order valence-corrected chi connectivity index (χ3v) is 8.07. The smallest absolute Gasteiger partial charge is 0.251 e. The molecule has 1 aliphatic carbocycles. The molecule has 0 bridgehead atoms. The van der Waals surface area contributed by atoms with Crippen LogP contribution in [0.15, 0.2) is 18.2 Å². The number of amides is 2. The van der Waals surface area contributed by atoms with Crippen LogP contribution in [-0.4, -0.2) is 54.9 Å². The van der Waals surface area contributed by atoms with Crippen molar-refractivity contribution in [1.82, 2.24) is 15.2 Å². The minimum atomic E-state index is -0.0805. The highest BCUT2D eigenvalue weighted by Gasteiger charge is 2.39. The summed E-state index contributed by atoms with van der Waals surface area (Å²) in [4.78, 5) is 24.6. The molecule has 3 N–H and O–H groups in total. The lowest BCUT2D eigenvalue weighted by atomic mass is 9.67. The van der Waals surface area contributed by atoms with Gasteiger partial charge in [-0.2, -0.15) is 0 Å². The number of nitrogens with zero attached hydrogens (tertiary/aromatic N) is 1. The maximum Gasteiger partial charge on any atom is 0.251 e. The van der Waals surface area contributed by atoms with Gasteiger partial charge in [-0.1, -0.05) is 0 Å². The van der Waals surface area contributed by atoms with Gasteiger partial charge in [-0.15, -0.1) is 0 Å². The summed E-state index contributed by atoms with van der Waals surface area (Å²) in [5, 5.41) is 17.2. The largest absolute Gasteiger partial charge is 0.396 e. The number of ether oxygens (including phenoxy) is 1. The molecule has 2 heterocycles. The third kappa shape index (κ3) is 4.86. The molecule has 7 nitrogen and oxygen atoms in total. The highest BCUT2D eigenvalue weighted by Crippen LogP contribution is 2.48. The Hall–Kier alpha value is -2.38. The van der Waals surface area contributed by atoms with Gasteiger partial charge in [0, 0.05) is 75.0 Å². The van der Waals surface area contributed by atoms with Crippen LogP contribution in [0.5, 0.6) is 0 Å². The molecule has 0 spiro atoms. The van der Waals surface area contributed by atoms with Gasteiger partial charge in [-0.05, 0) is 80.5 Å². The Kier molecular flexibility index (Phi) is 7.94. The van der Waals surface area contributed by atoms with Crippen molar-refractivity contribution in [3.8, 4) is 0 Å². The Bertz CT molecular complexity index is 1020. The van der Waals surface area contributed by atoms with Crippen LogP contribution in [0.2, 0.25) is 0 Å². The van der Waals surface area contributed by atoms with Crippen LogP contribution in [0, 0.1) is 17.8 Å². The standard InChI is InChI=1S/C27H39N3O4/c1-4-29-25(32)8-6-19(16-31)21-14-20(17-9-11-34-12-10-17)15-23-22-13-18(27(33)28-2)5-7-24(22)30(3)26(21)23/h5,7,13,17,19-21,31H,4,6,8-12,14-16H2,1-3H3,(H,28,33)(H,29,32)/t19-,20?,21?/m1/s1. The molecule has 1 aliphatic heterocycles. The van der Waals surface area contributed by atoms with Crippen LogP contribution < -0.4 is 10.6 Å². The molecule has 2 amide bonds. The topological polar surface area (TPSA) is 92.6 Å². The zero-order chi connectivity index (χ0) is 24.2.